The lowest BCUT2D eigenvalue weighted by atomic mass is 10.1. The highest BCUT2D eigenvalue weighted by Gasteiger charge is 2.11. The number of ketones is 1. The molecular weight excluding hydrogens is 310 g/mol. The minimum atomic E-state index is 0.182. The van der Waals surface area contributed by atoms with Gasteiger partial charge in [0.1, 0.15) is 0 Å². The zero-order chi connectivity index (χ0) is 18.1. The topological polar surface area (TPSA) is 35.6 Å². The Hall–Kier alpha value is -1.23. The van der Waals surface area contributed by atoms with Crippen LogP contribution in [0.25, 0.3) is 0 Å². The van der Waals surface area contributed by atoms with Gasteiger partial charge in [0.2, 0.25) is 0 Å². The molecule has 0 saturated carbocycles. The second-order valence-corrected chi connectivity index (χ2v) is 7.36. The normalized spacial score (nSPS) is 15.9. The Labute approximate surface area is 153 Å². The molecule has 1 fully saturated rings. The molecule has 0 aromatic heterocycles. The minimum Gasteiger partial charge on any atom is -0.308 e. The summed E-state index contributed by atoms with van der Waals surface area (Å²) >= 11 is 0. The fourth-order valence-electron chi connectivity index (χ4n) is 3.41. The van der Waals surface area contributed by atoms with Crippen LogP contribution in [0.4, 0.5) is 0 Å². The SMILES string of the molecule is CCN(Cc1ccc(C(=O)CNCCN2CCCCC2)cc1)C(C)C. The van der Waals surface area contributed by atoms with Gasteiger partial charge < -0.3 is 10.2 Å². The number of likely N-dealkylation sites (tertiary alicyclic amines) is 1. The Morgan fingerprint density at radius 3 is 2.44 bits per heavy atom. The first-order valence-corrected chi connectivity index (χ1v) is 9.89. The van der Waals surface area contributed by atoms with Crippen molar-refractivity contribution < 1.29 is 4.79 Å². The highest BCUT2D eigenvalue weighted by Crippen LogP contribution is 2.10. The van der Waals surface area contributed by atoms with Crippen LogP contribution in [-0.2, 0) is 6.54 Å². The first kappa shape index (κ1) is 20.1. The summed E-state index contributed by atoms with van der Waals surface area (Å²) in [5.74, 6) is 0.182. The number of carbonyl (C=O) groups is 1. The molecule has 0 aliphatic carbocycles. The third-order valence-corrected chi connectivity index (χ3v) is 5.14. The zero-order valence-corrected chi connectivity index (χ0v) is 16.3. The smallest absolute Gasteiger partial charge is 0.176 e. The van der Waals surface area contributed by atoms with Crippen LogP contribution in [-0.4, -0.2) is 60.9 Å². The Bertz CT molecular complexity index is 506. The van der Waals surface area contributed by atoms with Crippen LogP contribution in [0.1, 0.15) is 56.0 Å². The van der Waals surface area contributed by atoms with E-state index in [9.17, 15) is 4.79 Å². The van der Waals surface area contributed by atoms with Crippen molar-refractivity contribution in [3.63, 3.8) is 0 Å². The average Bonchev–Trinajstić information content (AvgIpc) is 2.64. The van der Waals surface area contributed by atoms with Crippen molar-refractivity contribution in [2.24, 2.45) is 0 Å². The maximum atomic E-state index is 12.3. The Morgan fingerprint density at radius 1 is 1.16 bits per heavy atom. The first-order valence-electron chi connectivity index (χ1n) is 9.89. The number of piperidine rings is 1. The van der Waals surface area contributed by atoms with Gasteiger partial charge in [-0.15, -0.1) is 0 Å². The molecule has 2 rings (SSSR count). The summed E-state index contributed by atoms with van der Waals surface area (Å²) in [5.41, 5.74) is 2.08. The van der Waals surface area contributed by atoms with Crippen molar-refractivity contribution in [1.29, 1.82) is 0 Å². The van der Waals surface area contributed by atoms with Gasteiger partial charge in [-0.3, -0.25) is 9.69 Å². The lowest BCUT2D eigenvalue weighted by molar-refractivity contribution is 0.0989. The van der Waals surface area contributed by atoms with Crippen LogP contribution in [0.15, 0.2) is 24.3 Å². The molecule has 4 nitrogen and oxygen atoms in total. The molecule has 1 aliphatic rings. The molecule has 1 aromatic rings. The fraction of sp³-hybridized carbons (Fsp3) is 0.667. The Morgan fingerprint density at radius 2 is 1.84 bits per heavy atom. The van der Waals surface area contributed by atoms with Gasteiger partial charge in [-0.2, -0.15) is 0 Å². The standard InChI is InChI=1S/C21H35N3O/c1-4-24(18(2)3)17-19-8-10-20(11-9-19)21(25)16-22-12-15-23-13-6-5-7-14-23/h8-11,18,22H,4-7,12-17H2,1-3H3. The van der Waals surface area contributed by atoms with Gasteiger partial charge in [0.25, 0.3) is 0 Å². The first-order chi connectivity index (χ1) is 12.1. The van der Waals surface area contributed by atoms with Gasteiger partial charge in [-0.25, -0.2) is 0 Å². The predicted molar refractivity (Wildman–Crippen MR) is 105 cm³/mol. The number of rotatable bonds is 10. The van der Waals surface area contributed by atoms with E-state index in [4.69, 9.17) is 0 Å². The van der Waals surface area contributed by atoms with Gasteiger partial charge in [-0.1, -0.05) is 37.6 Å². The number of benzene rings is 1. The molecule has 25 heavy (non-hydrogen) atoms. The zero-order valence-electron chi connectivity index (χ0n) is 16.3. The van der Waals surface area contributed by atoms with E-state index in [1.165, 1.54) is 37.9 Å². The van der Waals surface area contributed by atoms with Gasteiger partial charge in [0, 0.05) is 31.2 Å². The molecule has 0 bridgehead atoms. The van der Waals surface area contributed by atoms with Gasteiger partial charge in [-0.05, 0) is 51.9 Å². The third kappa shape index (κ3) is 6.89. The van der Waals surface area contributed by atoms with Crippen LogP contribution in [0.5, 0.6) is 0 Å². The molecule has 0 radical (unpaired) electrons. The fourth-order valence-corrected chi connectivity index (χ4v) is 3.41. The van der Waals surface area contributed by atoms with Crippen molar-refractivity contribution in [3.05, 3.63) is 35.4 Å². The van der Waals surface area contributed by atoms with E-state index in [0.29, 0.717) is 12.6 Å². The van der Waals surface area contributed by atoms with E-state index >= 15 is 0 Å². The number of nitrogens with one attached hydrogen (secondary N) is 1. The predicted octanol–water partition coefficient (Wildman–Crippen LogP) is 3.18. The van der Waals surface area contributed by atoms with Crippen molar-refractivity contribution in [2.45, 2.75) is 52.6 Å². The summed E-state index contributed by atoms with van der Waals surface area (Å²) in [6.45, 7) is 13.4. The largest absolute Gasteiger partial charge is 0.308 e. The van der Waals surface area contributed by atoms with Crippen LogP contribution in [0, 0.1) is 0 Å². The molecule has 1 aromatic carbocycles. The summed E-state index contributed by atoms with van der Waals surface area (Å²) in [4.78, 5) is 17.2. The lowest BCUT2D eigenvalue weighted by Crippen LogP contribution is -2.37. The summed E-state index contributed by atoms with van der Waals surface area (Å²) in [6, 6.07) is 8.66. The maximum Gasteiger partial charge on any atom is 0.176 e. The van der Waals surface area contributed by atoms with E-state index in [-0.39, 0.29) is 5.78 Å². The molecule has 0 spiro atoms. The molecular formula is C21H35N3O. The van der Waals surface area contributed by atoms with Crippen molar-refractivity contribution in [2.75, 3.05) is 39.3 Å². The van der Waals surface area contributed by atoms with Gasteiger partial charge in [0.15, 0.2) is 5.78 Å². The van der Waals surface area contributed by atoms with E-state index in [1.54, 1.807) is 0 Å². The monoisotopic (exact) mass is 345 g/mol. The van der Waals surface area contributed by atoms with E-state index in [1.807, 2.05) is 12.1 Å². The molecule has 1 N–H and O–H groups in total. The molecule has 140 valence electrons. The number of nitrogens with zero attached hydrogens (tertiary/aromatic N) is 2. The lowest BCUT2D eigenvalue weighted by Gasteiger charge is -2.26. The molecule has 1 heterocycles. The van der Waals surface area contributed by atoms with Crippen molar-refractivity contribution in [1.82, 2.24) is 15.1 Å². The van der Waals surface area contributed by atoms with Crippen LogP contribution < -0.4 is 5.32 Å². The number of carbonyl (C=O) groups excluding carboxylic acids is 1. The molecule has 1 saturated heterocycles. The van der Waals surface area contributed by atoms with Gasteiger partial charge in [0.05, 0.1) is 6.54 Å². The minimum absolute atomic E-state index is 0.182. The molecule has 0 atom stereocenters. The van der Waals surface area contributed by atoms with E-state index < -0.39 is 0 Å². The maximum absolute atomic E-state index is 12.3. The van der Waals surface area contributed by atoms with Crippen LogP contribution in [0.3, 0.4) is 0 Å². The van der Waals surface area contributed by atoms with E-state index in [0.717, 1.165) is 31.7 Å². The summed E-state index contributed by atoms with van der Waals surface area (Å²) < 4.78 is 0. The number of hydrogen-bond acceptors (Lipinski definition) is 4. The quantitative estimate of drug-likeness (QED) is 0.522. The second-order valence-electron chi connectivity index (χ2n) is 7.36. The summed E-state index contributed by atoms with van der Waals surface area (Å²) in [6.07, 6.45) is 4.00. The molecule has 0 unspecified atom stereocenters. The summed E-state index contributed by atoms with van der Waals surface area (Å²) in [5, 5.41) is 3.30. The van der Waals surface area contributed by atoms with Gasteiger partial charge >= 0.3 is 0 Å². The number of hydrogen-bond donors (Lipinski definition) is 1. The Balaban J connectivity index is 1.72. The highest BCUT2D eigenvalue weighted by molar-refractivity contribution is 5.97. The van der Waals surface area contributed by atoms with Crippen molar-refractivity contribution in [3.8, 4) is 0 Å². The third-order valence-electron chi connectivity index (χ3n) is 5.14. The van der Waals surface area contributed by atoms with Crippen LogP contribution >= 0.6 is 0 Å². The molecule has 4 heteroatoms. The number of Topliss-reactive ketones (excluding diaryl/α,β-unsaturated/α-hetero) is 1. The highest BCUT2D eigenvalue weighted by atomic mass is 16.1. The average molecular weight is 346 g/mol. The second kappa shape index (κ2) is 10.7. The summed E-state index contributed by atoms with van der Waals surface area (Å²) in [7, 11) is 0. The van der Waals surface area contributed by atoms with Crippen LogP contribution in [0.2, 0.25) is 0 Å². The molecule has 1 aliphatic heterocycles. The van der Waals surface area contributed by atoms with E-state index in [2.05, 4.69) is 48.0 Å². The Kier molecular flexibility index (Phi) is 8.59. The molecule has 0 amide bonds. The van der Waals surface area contributed by atoms with Crippen molar-refractivity contribution >= 4 is 5.78 Å².